The van der Waals surface area contributed by atoms with Gasteiger partial charge in [-0.3, -0.25) is 0 Å². The number of hydrogen-bond donors (Lipinski definition) is 0. The van der Waals surface area contributed by atoms with E-state index in [2.05, 4.69) is 23.8 Å². The van der Waals surface area contributed by atoms with Crippen LogP contribution in [0.4, 0.5) is 0 Å². The van der Waals surface area contributed by atoms with Crippen LogP contribution in [0.15, 0.2) is 42.0 Å². The van der Waals surface area contributed by atoms with Crippen molar-refractivity contribution in [2.75, 3.05) is 7.11 Å². The SMILES string of the molecule is CC/C(=C\C(=O)OC)CCc1ccccc1. The van der Waals surface area contributed by atoms with Crippen LogP contribution < -0.4 is 0 Å². The van der Waals surface area contributed by atoms with Crippen molar-refractivity contribution < 1.29 is 9.53 Å². The van der Waals surface area contributed by atoms with E-state index in [1.807, 2.05) is 18.2 Å². The summed E-state index contributed by atoms with van der Waals surface area (Å²) in [6.45, 7) is 2.06. The molecule has 0 fully saturated rings. The van der Waals surface area contributed by atoms with Gasteiger partial charge in [-0.2, -0.15) is 0 Å². The Morgan fingerprint density at radius 3 is 2.56 bits per heavy atom. The van der Waals surface area contributed by atoms with Crippen LogP contribution in [0.2, 0.25) is 0 Å². The Morgan fingerprint density at radius 1 is 1.31 bits per heavy atom. The highest BCUT2D eigenvalue weighted by atomic mass is 16.5. The summed E-state index contributed by atoms with van der Waals surface area (Å²) < 4.78 is 4.62. The number of benzene rings is 1. The van der Waals surface area contributed by atoms with Crippen molar-refractivity contribution in [1.82, 2.24) is 0 Å². The average molecular weight is 218 g/mol. The van der Waals surface area contributed by atoms with Crippen LogP contribution in [0.1, 0.15) is 25.3 Å². The Bertz CT molecular complexity index is 352. The van der Waals surface area contributed by atoms with Crippen molar-refractivity contribution in [2.45, 2.75) is 26.2 Å². The Morgan fingerprint density at radius 2 is 2.00 bits per heavy atom. The van der Waals surface area contributed by atoms with Crippen molar-refractivity contribution >= 4 is 5.97 Å². The van der Waals surface area contributed by atoms with E-state index in [4.69, 9.17) is 0 Å². The molecule has 0 saturated heterocycles. The standard InChI is InChI=1S/C14H18O2/c1-3-12(11-14(15)16-2)9-10-13-7-5-4-6-8-13/h4-8,11H,3,9-10H2,1-2H3/b12-11+. The molecule has 0 heterocycles. The lowest BCUT2D eigenvalue weighted by Crippen LogP contribution is -1.98. The van der Waals surface area contributed by atoms with Crippen LogP contribution in [0, 0.1) is 0 Å². The van der Waals surface area contributed by atoms with Crippen molar-refractivity contribution in [3.05, 3.63) is 47.5 Å². The lowest BCUT2D eigenvalue weighted by Gasteiger charge is -2.04. The van der Waals surface area contributed by atoms with Crippen molar-refractivity contribution in [3.8, 4) is 0 Å². The molecular formula is C14H18O2. The number of methoxy groups -OCH3 is 1. The first kappa shape index (κ1) is 12.5. The lowest BCUT2D eigenvalue weighted by molar-refractivity contribution is -0.134. The third kappa shape index (κ3) is 4.30. The zero-order valence-electron chi connectivity index (χ0n) is 9.90. The maximum absolute atomic E-state index is 11.1. The van der Waals surface area contributed by atoms with Crippen LogP contribution in [0.25, 0.3) is 0 Å². The summed E-state index contributed by atoms with van der Waals surface area (Å²) in [6.07, 6.45) is 4.37. The monoisotopic (exact) mass is 218 g/mol. The molecule has 2 nitrogen and oxygen atoms in total. The molecule has 0 radical (unpaired) electrons. The van der Waals surface area contributed by atoms with Gasteiger partial charge in [0, 0.05) is 6.08 Å². The highest BCUT2D eigenvalue weighted by Crippen LogP contribution is 2.12. The number of carbonyl (C=O) groups is 1. The fraction of sp³-hybridized carbons (Fsp3) is 0.357. The van der Waals surface area contributed by atoms with Gasteiger partial charge in [0.25, 0.3) is 0 Å². The minimum Gasteiger partial charge on any atom is -0.466 e. The zero-order valence-corrected chi connectivity index (χ0v) is 9.90. The quantitative estimate of drug-likeness (QED) is 0.560. The van der Waals surface area contributed by atoms with E-state index in [0.29, 0.717) is 0 Å². The molecule has 86 valence electrons. The van der Waals surface area contributed by atoms with E-state index in [9.17, 15) is 4.79 Å². The molecule has 0 aliphatic carbocycles. The molecule has 0 bridgehead atoms. The number of esters is 1. The molecule has 0 saturated carbocycles. The van der Waals surface area contributed by atoms with Gasteiger partial charge in [0.05, 0.1) is 7.11 Å². The minimum absolute atomic E-state index is 0.259. The summed E-state index contributed by atoms with van der Waals surface area (Å²) >= 11 is 0. The maximum Gasteiger partial charge on any atom is 0.330 e. The molecule has 0 aromatic heterocycles. The highest BCUT2D eigenvalue weighted by molar-refractivity contribution is 5.82. The first-order valence-electron chi connectivity index (χ1n) is 5.57. The Kier molecular flexibility index (Phi) is 5.34. The molecule has 0 atom stereocenters. The second kappa shape index (κ2) is 6.83. The van der Waals surface area contributed by atoms with Gasteiger partial charge in [0.15, 0.2) is 0 Å². The molecule has 0 unspecified atom stereocenters. The number of rotatable bonds is 5. The Balaban J connectivity index is 2.52. The molecule has 0 spiro atoms. The topological polar surface area (TPSA) is 26.3 Å². The van der Waals surface area contributed by atoms with Gasteiger partial charge < -0.3 is 4.74 Å². The first-order chi connectivity index (χ1) is 7.76. The minimum atomic E-state index is -0.259. The summed E-state index contributed by atoms with van der Waals surface area (Å²) in [7, 11) is 1.41. The average Bonchev–Trinajstić information content (AvgIpc) is 2.35. The summed E-state index contributed by atoms with van der Waals surface area (Å²) in [5, 5.41) is 0. The molecule has 0 amide bonds. The molecule has 1 aromatic rings. The predicted molar refractivity (Wildman–Crippen MR) is 65.2 cm³/mol. The van der Waals surface area contributed by atoms with Crippen LogP contribution >= 0.6 is 0 Å². The lowest BCUT2D eigenvalue weighted by atomic mass is 10.0. The van der Waals surface area contributed by atoms with Crippen molar-refractivity contribution in [3.63, 3.8) is 0 Å². The van der Waals surface area contributed by atoms with Gasteiger partial charge in [-0.25, -0.2) is 4.79 Å². The summed E-state index contributed by atoms with van der Waals surface area (Å²) in [4.78, 5) is 11.1. The van der Waals surface area contributed by atoms with Gasteiger partial charge in [0.1, 0.15) is 0 Å². The zero-order chi connectivity index (χ0) is 11.8. The molecular weight excluding hydrogens is 200 g/mol. The van der Waals surface area contributed by atoms with E-state index < -0.39 is 0 Å². The van der Waals surface area contributed by atoms with E-state index in [0.717, 1.165) is 24.8 Å². The maximum atomic E-state index is 11.1. The van der Waals surface area contributed by atoms with Gasteiger partial charge >= 0.3 is 5.97 Å². The largest absolute Gasteiger partial charge is 0.466 e. The fourth-order valence-corrected chi connectivity index (χ4v) is 1.53. The Hall–Kier alpha value is -1.57. The molecule has 16 heavy (non-hydrogen) atoms. The number of carbonyl (C=O) groups excluding carboxylic acids is 1. The summed E-state index contributed by atoms with van der Waals surface area (Å²) in [6, 6.07) is 10.3. The van der Waals surface area contributed by atoms with Crippen molar-refractivity contribution in [2.24, 2.45) is 0 Å². The summed E-state index contributed by atoms with van der Waals surface area (Å²) in [5.74, 6) is -0.259. The third-order valence-electron chi connectivity index (χ3n) is 2.55. The Labute approximate surface area is 96.9 Å². The third-order valence-corrected chi connectivity index (χ3v) is 2.55. The number of ether oxygens (including phenoxy) is 1. The smallest absolute Gasteiger partial charge is 0.330 e. The molecule has 2 heteroatoms. The van der Waals surface area contributed by atoms with Crippen LogP contribution in [0.3, 0.4) is 0 Å². The van der Waals surface area contributed by atoms with Gasteiger partial charge in [-0.1, -0.05) is 42.8 Å². The number of aryl methyl sites for hydroxylation is 1. The van der Waals surface area contributed by atoms with Gasteiger partial charge in [-0.15, -0.1) is 0 Å². The molecule has 1 rings (SSSR count). The van der Waals surface area contributed by atoms with E-state index in [1.165, 1.54) is 12.7 Å². The second-order valence-electron chi connectivity index (χ2n) is 3.66. The predicted octanol–water partition coefficient (Wildman–Crippen LogP) is 3.13. The van der Waals surface area contributed by atoms with Gasteiger partial charge in [0.2, 0.25) is 0 Å². The van der Waals surface area contributed by atoms with Crippen molar-refractivity contribution in [1.29, 1.82) is 0 Å². The van der Waals surface area contributed by atoms with Gasteiger partial charge in [-0.05, 0) is 24.8 Å². The fourth-order valence-electron chi connectivity index (χ4n) is 1.53. The normalized spacial score (nSPS) is 11.2. The van der Waals surface area contributed by atoms with E-state index >= 15 is 0 Å². The highest BCUT2D eigenvalue weighted by Gasteiger charge is 2.00. The summed E-state index contributed by atoms with van der Waals surface area (Å²) in [5.41, 5.74) is 2.43. The van der Waals surface area contributed by atoms with Crippen LogP contribution in [-0.4, -0.2) is 13.1 Å². The molecule has 0 aliphatic heterocycles. The number of hydrogen-bond acceptors (Lipinski definition) is 2. The molecule has 0 aliphatic rings. The number of allylic oxidation sites excluding steroid dienone is 1. The molecule has 0 N–H and O–H groups in total. The van der Waals surface area contributed by atoms with Crippen LogP contribution in [-0.2, 0) is 16.0 Å². The second-order valence-corrected chi connectivity index (χ2v) is 3.66. The first-order valence-corrected chi connectivity index (χ1v) is 5.57. The van der Waals surface area contributed by atoms with E-state index in [-0.39, 0.29) is 5.97 Å². The van der Waals surface area contributed by atoms with E-state index in [1.54, 1.807) is 6.08 Å². The molecule has 1 aromatic carbocycles. The van der Waals surface area contributed by atoms with Crippen LogP contribution in [0.5, 0.6) is 0 Å².